The van der Waals surface area contributed by atoms with Crippen molar-refractivity contribution in [1.82, 2.24) is 5.20 Å². The van der Waals surface area contributed by atoms with Gasteiger partial charge in [-0.05, 0) is 79.8 Å². The summed E-state index contributed by atoms with van der Waals surface area (Å²) in [5.41, 5.74) is 4.17. The molecular formula is C23H24N3O5P. The molecule has 3 rings (SSSR count). The van der Waals surface area contributed by atoms with E-state index < -0.39 is 12.7 Å². The molecule has 0 aliphatic carbocycles. The number of rotatable bonds is 8. The first-order valence-electron chi connectivity index (χ1n) is 9.85. The minimum atomic E-state index is -3.98. The van der Waals surface area contributed by atoms with Crippen molar-refractivity contribution in [2.24, 2.45) is 5.10 Å². The van der Waals surface area contributed by atoms with E-state index in [4.69, 9.17) is 9.05 Å². The Morgan fingerprint density at radius 3 is 1.84 bits per heavy atom. The van der Waals surface area contributed by atoms with Crippen LogP contribution < -0.4 is 14.2 Å². The van der Waals surface area contributed by atoms with E-state index in [2.05, 4.69) is 10.3 Å². The smallest absolute Gasteiger partial charge is 0.399 e. The number of non-ortho nitro benzene ring substituents is 1. The molecule has 0 spiro atoms. The van der Waals surface area contributed by atoms with Crippen LogP contribution >= 0.6 is 7.75 Å². The van der Waals surface area contributed by atoms with Gasteiger partial charge in [0.15, 0.2) is 0 Å². The van der Waals surface area contributed by atoms with Crippen LogP contribution in [0.2, 0.25) is 0 Å². The van der Waals surface area contributed by atoms with Gasteiger partial charge in [-0.25, -0.2) is 4.57 Å². The third-order valence-corrected chi connectivity index (χ3v) is 6.28. The van der Waals surface area contributed by atoms with E-state index >= 15 is 0 Å². The fourth-order valence-corrected chi connectivity index (χ4v) is 4.05. The molecule has 0 radical (unpaired) electrons. The van der Waals surface area contributed by atoms with E-state index in [-0.39, 0.29) is 5.69 Å². The number of nitrogens with zero attached hydrogens (tertiary/aromatic N) is 2. The average Bonchev–Trinajstić information content (AvgIpc) is 2.75. The van der Waals surface area contributed by atoms with E-state index in [0.29, 0.717) is 17.1 Å². The Balaban J connectivity index is 1.88. The Morgan fingerprint density at radius 1 is 0.875 bits per heavy atom. The van der Waals surface area contributed by atoms with Gasteiger partial charge in [0.2, 0.25) is 0 Å². The number of hydrogen-bond donors (Lipinski definition) is 1. The van der Waals surface area contributed by atoms with Crippen molar-refractivity contribution >= 4 is 19.6 Å². The molecule has 0 saturated heterocycles. The molecule has 3 aromatic carbocycles. The quantitative estimate of drug-likeness (QED) is 0.194. The Bertz CT molecular complexity index is 1150. The zero-order valence-electron chi connectivity index (χ0n) is 18.2. The molecule has 0 heterocycles. The molecule has 0 unspecified atom stereocenters. The first-order valence-corrected chi connectivity index (χ1v) is 11.4. The van der Waals surface area contributed by atoms with Crippen molar-refractivity contribution in [2.45, 2.75) is 27.7 Å². The highest BCUT2D eigenvalue weighted by atomic mass is 31.2. The second-order valence-corrected chi connectivity index (χ2v) is 8.84. The molecule has 0 fully saturated rings. The number of benzene rings is 3. The summed E-state index contributed by atoms with van der Waals surface area (Å²) >= 11 is 0. The maximum absolute atomic E-state index is 13.7. The van der Waals surface area contributed by atoms with E-state index in [9.17, 15) is 14.7 Å². The molecule has 32 heavy (non-hydrogen) atoms. The van der Waals surface area contributed by atoms with Gasteiger partial charge in [-0.2, -0.15) is 10.3 Å². The lowest BCUT2D eigenvalue weighted by Gasteiger charge is -2.21. The summed E-state index contributed by atoms with van der Waals surface area (Å²) in [4.78, 5) is 10.3. The topological polar surface area (TPSA) is 103 Å². The van der Waals surface area contributed by atoms with Gasteiger partial charge < -0.3 is 9.05 Å². The first-order chi connectivity index (χ1) is 15.2. The molecule has 166 valence electrons. The largest absolute Gasteiger partial charge is 0.557 e. The van der Waals surface area contributed by atoms with Crippen molar-refractivity contribution in [3.8, 4) is 11.5 Å². The molecule has 1 N–H and O–H groups in total. The lowest BCUT2D eigenvalue weighted by molar-refractivity contribution is -0.384. The van der Waals surface area contributed by atoms with Gasteiger partial charge in [-0.1, -0.05) is 24.3 Å². The summed E-state index contributed by atoms with van der Waals surface area (Å²) in [6, 6.07) is 16.7. The molecule has 3 aromatic rings. The summed E-state index contributed by atoms with van der Waals surface area (Å²) in [5, 5.41) is 17.3. The monoisotopic (exact) mass is 453 g/mol. The lowest BCUT2D eigenvalue weighted by Crippen LogP contribution is -2.15. The highest BCUT2D eigenvalue weighted by molar-refractivity contribution is 7.52. The number of aryl methyl sites for hydroxylation is 2. The minimum Gasteiger partial charge on any atom is -0.399 e. The fourth-order valence-electron chi connectivity index (χ4n) is 2.82. The maximum atomic E-state index is 13.7. The molecule has 0 atom stereocenters. The summed E-state index contributed by atoms with van der Waals surface area (Å²) in [5.74, 6) is 0.827. The number of nitro benzene ring substituents is 1. The van der Waals surface area contributed by atoms with Crippen LogP contribution in [0.3, 0.4) is 0 Å². The number of nitro groups is 1. The predicted octanol–water partition coefficient (Wildman–Crippen LogP) is 6.02. The average molecular weight is 453 g/mol. The van der Waals surface area contributed by atoms with Crippen LogP contribution in [0.1, 0.15) is 27.8 Å². The molecule has 0 saturated carbocycles. The van der Waals surface area contributed by atoms with Crippen LogP contribution in [0, 0.1) is 37.8 Å². The second kappa shape index (κ2) is 9.66. The fraction of sp³-hybridized carbons (Fsp3) is 0.174. The molecule has 9 heteroatoms. The minimum absolute atomic E-state index is 0.0303. The molecule has 0 amide bonds. The van der Waals surface area contributed by atoms with E-state index in [1.54, 1.807) is 24.3 Å². The zero-order chi connectivity index (χ0) is 23.3. The van der Waals surface area contributed by atoms with Crippen molar-refractivity contribution in [2.75, 3.05) is 0 Å². The van der Waals surface area contributed by atoms with Crippen LogP contribution in [0.25, 0.3) is 0 Å². The van der Waals surface area contributed by atoms with Crippen LogP contribution in [0.4, 0.5) is 5.69 Å². The van der Waals surface area contributed by atoms with Gasteiger partial charge in [-0.3, -0.25) is 10.1 Å². The molecule has 8 nitrogen and oxygen atoms in total. The third kappa shape index (κ3) is 5.53. The van der Waals surface area contributed by atoms with E-state index in [1.807, 2.05) is 39.8 Å². The maximum Gasteiger partial charge on any atom is 0.557 e. The van der Waals surface area contributed by atoms with Crippen LogP contribution in [0.5, 0.6) is 11.5 Å². The lowest BCUT2D eigenvalue weighted by atomic mass is 10.1. The molecule has 0 bridgehead atoms. The number of hydrogen-bond acceptors (Lipinski definition) is 6. The summed E-state index contributed by atoms with van der Waals surface area (Å²) < 4.78 is 25.3. The van der Waals surface area contributed by atoms with Crippen LogP contribution in [-0.4, -0.2) is 11.1 Å². The standard InChI is InChI=1S/C23H24N3O5P/c1-16-7-5-9-22(18(16)3)30-32(29,31-23-10-6-8-17(2)19(23)4)25-24-15-20-11-13-21(14-12-20)26(27)28/h5-15H,1-4H3,(H,25,29)/b24-15-. The Hall–Kier alpha value is -3.64. The SMILES string of the molecule is Cc1cccc(OP(=O)(N/N=C\c2ccc([N+](=O)[O-])cc2)Oc2cccc(C)c2C)c1C. The predicted molar refractivity (Wildman–Crippen MR) is 125 cm³/mol. The molecule has 0 aromatic heterocycles. The van der Waals surface area contributed by atoms with E-state index in [1.165, 1.54) is 30.5 Å². The van der Waals surface area contributed by atoms with Crippen LogP contribution in [-0.2, 0) is 4.57 Å². The normalized spacial score (nSPS) is 11.4. The van der Waals surface area contributed by atoms with Crippen molar-refractivity contribution < 1.29 is 18.5 Å². The van der Waals surface area contributed by atoms with Crippen LogP contribution in [0.15, 0.2) is 65.8 Å². The van der Waals surface area contributed by atoms with Gasteiger partial charge in [0.1, 0.15) is 11.5 Å². The zero-order valence-corrected chi connectivity index (χ0v) is 19.1. The van der Waals surface area contributed by atoms with Gasteiger partial charge in [0.05, 0.1) is 11.1 Å². The van der Waals surface area contributed by atoms with E-state index in [0.717, 1.165) is 22.3 Å². The van der Waals surface area contributed by atoms with Gasteiger partial charge in [0, 0.05) is 12.1 Å². The third-order valence-electron chi connectivity index (χ3n) is 5.04. The molecular weight excluding hydrogens is 429 g/mol. The summed E-state index contributed by atoms with van der Waals surface area (Å²) in [7, 11) is -3.98. The van der Waals surface area contributed by atoms with Crippen molar-refractivity contribution in [3.63, 3.8) is 0 Å². The Kier molecular flexibility index (Phi) is 6.95. The van der Waals surface area contributed by atoms with Gasteiger partial charge in [0.25, 0.3) is 5.69 Å². The Morgan fingerprint density at radius 2 is 1.38 bits per heavy atom. The van der Waals surface area contributed by atoms with Gasteiger partial charge in [-0.15, -0.1) is 0 Å². The second-order valence-electron chi connectivity index (χ2n) is 7.28. The number of nitrogens with one attached hydrogen (secondary N) is 1. The Labute approximate surface area is 186 Å². The molecule has 0 aliphatic heterocycles. The summed E-state index contributed by atoms with van der Waals surface area (Å²) in [6.45, 7) is 7.60. The van der Waals surface area contributed by atoms with Crippen molar-refractivity contribution in [3.05, 3.63) is 98.6 Å². The van der Waals surface area contributed by atoms with Crippen molar-refractivity contribution in [1.29, 1.82) is 0 Å². The highest BCUT2D eigenvalue weighted by Gasteiger charge is 2.30. The highest BCUT2D eigenvalue weighted by Crippen LogP contribution is 2.47. The summed E-state index contributed by atoms with van der Waals surface area (Å²) in [6.07, 6.45) is 1.38. The van der Waals surface area contributed by atoms with Gasteiger partial charge >= 0.3 is 7.75 Å². The molecule has 0 aliphatic rings. The first kappa shape index (κ1) is 23.0. The number of hydrazone groups is 1.